The molecule has 0 radical (unpaired) electrons. The number of nitrogens with one attached hydrogen (secondary N) is 2. The molecule has 0 aliphatic carbocycles. The maximum atomic E-state index is 11.7. The van der Waals surface area contributed by atoms with Gasteiger partial charge in [-0.05, 0) is 48.2 Å². The molecule has 0 aliphatic rings. The van der Waals surface area contributed by atoms with Crippen molar-refractivity contribution in [2.75, 3.05) is 11.9 Å². The van der Waals surface area contributed by atoms with E-state index in [0.717, 1.165) is 18.5 Å². The van der Waals surface area contributed by atoms with Crippen molar-refractivity contribution in [3.8, 4) is 0 Å². The summed E-state index contributed by atoms with van der Waals surface area (Å²) in [6, 6.07) is 15.3. The van der Waals surface area contributed by atoms with E-state index in [-0.39, 0.29) is 6.03 Å². The van der Waals surface area contributed by atoms with E-state index in [1.54, 1.807) is 24.3 Å². The molecule has 21 heavy (non-hydrogen) atoms. The summed E-state index contributed by atoms with van der Waals surface area (Å²) in [7, 11) is 0. The first kappa shape index (κ1) is 15.4. The summed E-state index contributed by atoms with van der Waals surface area (Å²) in [6.45, 7) is 2.74. The number of anilines is 1. The number of hydrogen-bond donors (Lipinski definition) is 2. The zero-order valence-corrected chi connectivity index (χ0v) is 12.8. The molecule has 3 nitrogen and oxygen atoms in total. The lowest BCUT2D eigenvalue weighted by Gasteiger charge is -2.08. The third-order valence-electron chi connectivity index (χ3n) is 3.23. The van der Waals surface area contributed by atoms with Crippen LogP contribution in [0.3, 0.4) is 0 Å². The molecule has 0 saturated heterocycles. The van der Waals surface area contributed by atoms with Crippen LogP contribution in [0.4, 0.5) is 10.5 Å². The fourth-order valence-corrected chi connectivity index (χ4v) is 2.10. The molecule has 0 spiro atoms. The Morgan fingerprint density at radius 1 is 1.00 bits per heavy atom. The first-order valence-electron chi connectivity index (χ1n) is 7.05. The van der Waals surface area contributed by atoms with Gasteiger partial charge in [-0.25, -0.2) is 4.79 Å². The molecule has 0 unspecified atom stereocenters. The molecule has 2 N–H and O–H groups in total. The molecule has 0 atom stereocenters. The van der Waals surface area contributed by atoms with Crippen LogP contribution in [0.1, 0.15) is 18.1 Å². The van der Waals surface area contributed by atoms with Crippen molar-refractivity contribution >= 4 is 23.3 Å². The molecule has 110 valence electrons. The molecule has 2 aromatic rings. The summed E-state index contributed by atoms with van der Waals surface area (Å²) in [6.07, 6.45) is 1.86. The number of rotatable bonds is 5. The summed E-state index contributed by atoms with van der Waals surface area (Å²) in [5.74, 6) is 0. The predicted molar refractivity (Wildman–Crippen MR) is 88.0 cm³/mol. The van der Waals surface area contributed by atoms with Crippen LogP contribution in [0.25, 0.3) is 0 Å². The molecular formula is C17H19ClN2O. The average molecular weight is 303 g/mol. The van der Waals surface area contributed by atoms with Crippen LogP contribution in [0, 0.1) is 0 Å². The summed E-state index contributed by atoms with van der Waals surface area (Å²) in [5, 5.41) is 6.25. The SMILES string of the molecule is CCc1ccc(CCNC(=O)Nc2ccc(Cl)cc2)cc1. The minimum Gasteiger partial charge on any atom is -0.338 e. The first-order chi connectivity index (χ1) is 10.2. The number of aryl methyl sites for hydroxylation is 1. The molecule has 4 heteroatoms. The summed E-state index contributed by atoms with van der Waals surface area (Å²) < 4.78 is 0. The standard InChI is InChI=1S/C17H19ClN2O/c1-2-13-3-5-14(6-4-13)11-12-19-17(21)20-16-9-7-15(18)8-10-16/h3-10H,2,11-12H2,1H3,(H2,19,20,21). The predicted octanol–water partition coefficient (Wildman–Crippen LogP) is 4.27. The summed E-state index contributed by atoms with van der Waals surface area (Å²) in [4.78, 5) is 11.7. The van der Waals surface area contributed by atoms with Crippen molar-refractivity contribution in [2.24, 2.45) is 0 Å². The van der Waals surface area contributed by atoms with E-state index in [2.05, 4.69) is 41.8 Å². The van der Waals surface area contributed by atoms with Gasteiger partial charge in [0.25, 0.3) is 0 Å². The molecule has 0 aromatic heterocycles. The highest BCUT2D eigenvalue weighted by Gasteiger charge is 2.01. The van der Waals surface area contributed by atoms with Crippen LogP contribution in [-0.2, 0) is 12.8 Å². The van der Waals surface area contributed by atoms with E-state index < -0.39 is 0 Å². The van der Waals surface area contributed by atoms with Gasteiger partial charge in [0.05, 0.1) is 0 Å². The van der Waals surface area contributed by atoms with Gasteiger partial charge in [-0.3, -0.25) is 0 Å². The van der Waals surface area contributed by atoms with E-state index in [1.807, 2.05) is 0 Å². The van der Waals surface area contributed by atoms with Crippen molar-refractivity contribution in [3.05, 3.63) is 64.7 Å². The van der Waals surface area contributed by atoms with Gasteiger partial charge >= 0.3 is 6.03 Å². The number of carbonyl (C=O) groups is 1. The minimum absolute atomic E-state index is 0.206. The lowest BCUT2D eigenvalue weighted by atomic mass is 10.1. The van der Waals surface area contributed by atoms with Crippen molar-refractivity contribution < 1.29 is 4.79 Å². The van der Waals surface area contributed by atoms with Crippen LogP contribution in [0.15, 0.2) is 48.5 Å². The summed E-state index contributed by atoms with van der Waals surface area (Å²) >= 11 is 5.79. The lowest BCUT2D eigenvalue weighted by molar-refractivity contribution is 0.252. The molecule has 2 rings (SSSR count). The average Bonchev–Trinajstić information content (AvgIpc) is 2.50. The second-order valence-electron chi connectivity index (χ2n) is 4.81. The zero-order chi connectivity index (χ0) is 15.1. The van der Waals surface area contributed by atoms with Gasteiger partial charge in [0.1, 0.15) is 0 Å². The molecule has 0 saturated carbocycles. The van der Waals surface area contributed by atoms with Crippen LogP contribution in [-0.4, -0.2) is 12.6 Å². The van der Waals surface area contributed by atoms with Crippen molar-refractivity contribution in [1.82, 2.24) is 5.32 Å². The highest BCUT2D eigenvalue weighted by molar-refractivity contribution is 6.30. The molecule has 0 heterocycles. The van der Waals surface area contributed by atoms with Gasteiger partial charge in [0, 0.05) is 17.3 Å². The van der Waals surface area contributed by atoms with E-state index in [0.29, 0.717) is 11.6 Å². The third kappa shape index (κ3) is 5.12. The normalized spacial score (nSPS) is 10.2. The molecule has 0 fully saturated rings. The van der Waals surface area contributed by atoms with Gasteiger partial charge in [0.15, 0.2) is 0 Å². The van der Waals surface area contributed by atoms with E-state index in [9.17, 15) is 4.79 Å². The van der Waals surface area contributed by atoms with Gasteiger partial charge in [-0.2, -0.15) is 0 Å². The van der Waals surface area contributed by atoms with E-state index in [1.165, 1.54) is 11.1 Å². The molecular weight excluding hydrogens is 284 g/mol. The largest absolute Gasteiger partial charge is 0.338 e. The highest BCUT2D eigenvalue weighted by atomic mass is 35.5. The van der Waals surface area contributed by atoms with Crippen molar-refractivity contribution in [1.29, 1.82) is 0 Å². The Bertz CT molecular complexity index is 579. The fraction of sp³-hybridized carbons (Fsp3) is 0.235. The lowest BCUT2D eigenvalue weighted by Crippen LogP contribution is -2.30. The Labute approximate surface area is 130 Å². The van der Waals surface area contributed by atoms with E-state index in [4.69, 9.17) is 11.6 Å². The smallest absolute Gasteiger partial charge is 0.319 e. The Balaban J connectivity index is 1.74. The third-order valence-corrected chi connectivity index (χ3v) is 3.48. The minimum atomic E-state index is -0.206. The molecule has 0 bridgehead atoms. The van der Waals surface area contributed by atoms with Crippen LogP contribution in [0.2, 0.25) is 5.02 Å². The molecule has 0 aliphatic heterocycles. The Morgan fingerprint density at radius 2 is 1.62 bits per heavy atom. The number of benzene rings is 2. The zero-order valence-electron chi connectivity index (χ0n) is 12.0. The second kappa shape index (κ2) is 7.70. The number of hydrogen-bond acceptors (Lipinski definition) is 1. The number of urea groups is 1. The highest BCUT2D eigenvalue weighted by Crippen LogP contribution is 2.13. The molecule has 2 amide bonds. The van der Waals surface area contributed by atoms with Crippen molar-refractivity contribution in [2.45, 2.75) is 19.8 Å². The summed E-state index contributed by atoms with van der Waals surface area (Å²) in [5.41, 5.74) is 3.27. The number of amides is 2. The Kier molecular flexibility index (Phi) is 5.64. The number of carbonyl (C=O) groups excluding carboxylic acids is 1. The monoisotopic (exact) mass is 302 g/mol. The van der Waals surface area contributed by atoms with Crippen molar-refractivity contribution in [3.63, 3.8) is 0 Å². The second-order valence-corrected chi connectivity index (χ2v) is 5.24. The van der Waals surface area contributed by atoms with Crippen LogP contribution in [0.5, 0.6) is 0 Å². The fourth-order valence-electron chi connectivity index (χ4n) is 1.97. The maximum absolute atomic E-state index is 11.7. The van der Waals surface area contributed by atoms with Crippen LogP contribution < -0.4 is 10.6 Å². The first-order valence-corrected chi connectivity index (χ1v) is 7.43. The Morgan fingerprint density at radius 3 is 2.24 bits per heavy atom. The Hall–Kier alpha value is -2.00. The van der Waals surface area contributed by atoms with Gasteiger partial charge in [0.2, 0.25) is 0 Å². The molecule has 2 aromatic carbocycles. The maximum Gasteiger partial charge on any atom is 0.319 e. The van der Waals surface area contributed by atoms with Gasteiger partial charge in [-0.15, -0.1) is 0 Å². The van der Waals surface area contributed by atoms with Crippen LogP contribution >= 0.6 is 11.6 Å². The van der Waals surface area contributed by atoms with E-state index >= 15 is 0 Å². The van der Waals surface area contributed by atoms with Gasteiger partial charge in [-0.1, -0.05) is 42.8 Å². The quantitative estimate of drug-likeness (QED) is 0.851. The van der Waals surface area contributed by atoms with Gasteiger partial charge < -0.3 is 10.6 Å². The number of halogens is 1. The topological polar surface area (TPSA) is 41.1 Å².